The van der Waals surface area contributed by atoms with Gasteiger partial charge in [-0.05, 0) is 18.7 Å². The average Bonchev–Trinajstić information content (AvgIpc) is 1.85. The molecule has 8 heavy (non-hydrogen) atoms. The van der Waals surface area contributed by atoms with E-state index in [1.165, 1.54) is 18.0 Å². The third kappa shape index (κ3) is 1.17. The molecule has 2 atom stereocenters. The van der Waals surface area contributed by atoms with E-state index in [-0.39, 0.29) is 10.4 Å². The highest BCUT2D eigenvalue weighted by molar-refractivity contribution is 8.05. The zero-order valence-electron chi connectivity index (χ0n) is 4.35. The van der Waals surface area contributed by atoms with Crippen LogP contribution < -0.4 is 5.06 Å². The molecule has 1 aliphatic rings. The van der Waals surface area contributed by atoms with E-state index in [4.69, 9.17) is 11.6 Å². The molecule has 0 bridgehead atoms. The predicted molar refractivity (Wildman–Crippen MR) is 35.3 cm³/mol. The second kappa shape index (κ2) is 2.27. The topological polar surface area (TPSA) is 27.5 Å². The van der Waals surface area contributed by atoms with Crippen molar-refractivity contribution in [3.05, 3.63) is 15.8 Å². The van der Waals surface area contributed by atoms with Crippen LogP contribution in [0, 0.1) is 5.21 Å². The molecule has 46 valence electrons. The molecule has 0 aromatic heterocycles. The smallest absolute Gasteiger partial charge is 0.141 e. The van der Waals surface area contributed by atoms with E-state index >= 15 is 0 Å². The first-order valence-electron chi connectivity index (χ1n) is 2.28. The van der Waals surface area contributed by atoms with E-state index in [1.54, 1.807) is 0 Å². The minimum atomic E-state index is 0.0440. The predicted octanol–water partition coefficient (Wildman–Crippen LogP) is 0.500. The van der Waals surface area contributed by atoms with Crippen LogP contribution in [0.5, 0.6) is 0 Å². The van der Waals surface area contributed by atoms with Gasteiger partial charge in [-0.3, -0.25) is 0 Å². The third-order valence-corrected chi connectivity index (χ3v) is 2.25. The fourth-order valence-electron chi connectivity index (χ4n) is 0.490. The van der Waals surface area contributed by atoms with Crippen molar-refractivity contribution in [2.24, 2.45) is 0 Å². The van der Waals surface area contributed by atoms with Crippen LogP contribution in [-0.4, -0.2) is 5.37 Å². The van der Waals surface area contributed by atoms with Crippen LogP contribution >= 0.6 is 23.4 Å². The van der Waals surface area contributed by atoms with Gasteiger partial charge < -0.3 is 10.3 Å². The number of hydrogen-bond donors (Lipinski definition) is 1. The Hall–Kier alpha value is 0.300. The SMILES string of the molecule is CC1SC(Cl)=C[NH+]1[O-]. The number of halogens is 1. The lowest BCUT2D eigenvalue weighted by atomic mass is 10.7. The van der Waals surface area contributed by atoms with Crippen molar-refractivity contribution in [3.63, 3.8) is 0 Å². The molecule has 0 saturated carbocycles. The molecule has 4 heteroatoms. The lowest BCUT2D eigenvalue weighted by Gasteiger charge is -2.16. The number of thioether (sulfide) groups is 1. The van der Waals surface area contributed by atoms with Crippen molar-refractivity contribution >= 4 is 23.4 Å². The van der Waals surface area contributed by atoms with Crippen molar-refractivity contribution in [2.75, 3.05) is 0 Å². The molecule has 0 aromatic carbocycles. The van der Waals surface area contributed by atoms with Crippen molar-refractivity contribution in [3.8, 4) is 0 Å². The van der Waals surface area contributed by atoms with E-state index in [0.717, 1.165) is 0 Å². The van der Waals surface area contributed by atoms with Crippen molar-refractivity contribution in [2.45, 2.75) is 12.3 Å². The quantitative estimate of drug-likeness (QED) is 0.511. The summed E-state index contributed by atoms with van der Waals surface area (Å²) in [4.78, 5) is 0. The summed E-state index contributed by atoms with van der Waals surface area (Å²) in [5.41, 5.74) is 0. The van der Waals surface area contributed by atoms with Crippen LogP contribution in [0.15, 0.2) is 10.6 Å². The first-order valence-corrected chi connectivity index (χ1v) is 3.53. The maximum Gasteiger partial charge on any atom is 0.141 e. The first-order chi connectivity index (χ1) is 3.70. The fourth-order valence-corrected chi connectivity index (χ4v) is 1.70. The number of nitrogens with one attached hydrogen (secondary N) is 1. The van der Waals surface area contributed by atoms with Crippen LogP contribution in [0.1, 0.15) is 6.92 Å². The zero-order valence-corrected chi connectivity index (χ0v) is 5.92. The summed E-state index contributed by atoms with van der Waals surface area (Å²) in [6.45, 7) is 1.85. The monoisotopic (exact) mass is 151 g/mol. The molecular weight excluding hydrogens is 146 g/mol. The normalized spacial score (nSPS) is 37.6. The van der Waals surface area contributed by atoms with Gasteiger partial charge in [0.05, 0.1) is 0 Å². The number of quaternary nitrogens is 1. The number of hydroxylamine groups is 2. The standard InChI is InChI=1S/C4H6ClNOS/c1-3-6(7)2-4(5)8-3/h2-3,6H,1H3. The maximum absolute atomic E-state index is 10.6. The van der Waals surface area contributed by atoms with E-state index in [9.17, 15) is 5.21 Å². The Balaban J connectivity index is 2.56. The van der Waals surface area contributed by atoms with Crippen LogP contribution in [0.25, 0.3) is 0 Å². The van der Waals surface area contributed by atoms with Crippen molar-refractivity contribution in [1.29, 1.82) is 0 Å². The van der Waals surface area contributed by atoms with Gasteiger partial charge in [-0.15, -0.1) is 0 Å². The van der Waals surface area contributed by atoms with Gasteiger partial charge in [-0.25, -0.2) is 0 Å². The summed E-state index contributed by atoms with van der Waals surface area (Å²) in [6.07, 6.45) is 1.47. The lowest BCUT2D eigenvalue weighted by molar-refractivity contribution is -0.797. The van der Waals surface area contributed by atoms with Gasteiger partial charge in [-0.2, -0.15) is 0 Å². The molecule has 0 aliphatic carbocycles. The van der Waals surface area contributed by atoms with Gasteiger partial charge in [-0.1, -0.05) is 11.6 Å². The summed E-state index contributed by atoms with van der Waals surface area (Å²) in [5.74, 6) is 0. The second-order valence-corrected chi connectivity index (χ2v) is 3.62. The van der Waals surface area contributed by atoms with Gasteiger partial charge in [0.15, 0.2) is 0 Å². The van der Waals surface area contributed by atoms with Gasteiger partial charge >= 0.3 is 0 Å². The molecule has 0 fully saturated rings. The minimum absolute atomic E-state index is 0.0440. The molecular formula is C4H6ClNOS. The highest BCUT2D eigenvalue weighted by Gasteiger charge is 2.18. The third-order valence-electron chi connectivity index (χ3n) is 0.946. The average molecular weight is 152 g/mol. The van der Waals surface area contributed by atoms with Gasteiger partial charge in [0.2, 0.25) is 0 Å². The van der Waals surface area contributed by atoms with E-state index < -0.39 is 0 Å². The number of hydrogen-bond acceptors (Lipinski definition) is 2. The molecule has 0 spiro atoms. The fraction of sp³-hybridized carbons (Fsp3) is 0.500. The highest BCUT2D eigenvalue weighted by Crippen LogP contribution is 2.24. The molecule has 1 rings (SSSR count). The zero-order chi connectivity index (χ0) is 6.15. The highest BCUT2D eigenvalue weighted by atomic mass is 35.5. The molecule has 0 aromatic rings. The Kier molecular flexibility index (Phi) is 1.82. The van der Waals surface area contributed by atoms with E-state index in [1.807, 2.05) is 6.92 Å². The maximum atomic E-state index is 10.6. The van der Waals surface area contributed by atoms with Crippen LogP contribution in [0.3, 0.4) is 0 Å². The summed E-state index contributed by atoms with van der Waals surface area (Å²) in [5, 5.41) is 10.8. The van der Waals surface area contributed by atoms with Crippen LogP contribution in [0.2, 0.25) is 0 Å². The van der Waals surface area contributed by atoms with Crippen LogP contribution in [-0.2, 0) is 0 Å². The van der Waals surface area contributed by atoms with E-state index in [2.05, 4.69) is 0 Å². The Labute approximate surface area is 57.1 Å². The molecule has 1 heterocycles. The lowest BCUT2D eigenvalue weighted by Crippen LogP contribution is -3.04. The summed E-state index contributed by atoms with van der Waals surface area (Å²) in [7, 11) is 0. The Morgan fingerprint density at radius 1 is 2.00 bits per heavy atom. The second-order valence-electron chi connectivity index (χ2n) is 1.61. The molecule has 0 amide bonds. The van der Waals surface area contributed by atoms with Gasteiger partial charge in [0.25, 0.3) is 0 Å². The molecule has 2 unspecified atom stereocenters. The van der Waals surface area contributed by atoms with Crippen LogP contribution in [0.4, 0.5) is 0 Å². The molecule has 0 radical (unpaired) electrons. The van der Waals surface area contributed by atoms with Crippen molar-refractivity contribution in [1.82, 2.24) is 0 Å². The Morgan fingerprint density at radius 2 is 2.62 bits per heavy atom. The first kappa shape index (κ1) is 6.42. The largest absolute Gasteiger partial charge is 0.628 e. The summed E-state index contributed by atoms with van der Waals surface area (Å²) >= 11 is 6.91. The van der Waals surface area contributed by atoms with Gasteiger partial charge in [0, 0.05) is 0 Å². The summed E-state index contributed by atoms with van der Waals surface area (Å²) < 4.78 is 0.613. The summed E-state index contributed by atoms with van der Waals surface area (Å²) in [6, 6.07) is 0. The molecule has 0 saturated heterocycles. The van der Waals surface area contributed by atoms with E-state index in [0.29, 0.717) is 4.36 Å². The minimum Gasteiger partial charge on any atom is -0.628 e. The number of rotatable bonds is 0. The van der Waals surface area contributed by atoms with Gasteiger partial charge in [0.1, 0.15) is 15.9 Å². The Morgan fingerprint density at radius 3 is 2.75 bits per heavy atom. The molecule has 1 aliphatic heterocycles. The van der Waals surface area contributed by atoms with Crippen molar-refractivity contribution < 1.29 is 5.06 Å². The molecule has 1 N–H and O–H groups in total. The Bertz CT molecular complexity index is 127. The molecule has 2 nitrogen and oxygen atoms in total.